The summed E-state index contributed by atoms with van der Waals surface area (Å²) >= 11 is 0. The van der Waals surface area contributed by atoms with Crippen LogP contribution in [0, 0.1) is 0 Å². The summed E-state index contributed by atoms with van der Waals surface area (Å²) in [6.45, 7) is 4.85. The van der Waals surface area contributed by atoms with Gasteiger partial charge in [-0.05, 0) is 29.5 Å². The molecule has 0 saturated heterocycles. The fraction of sp³-hybridized carbons (Fsp3) is 0.227. The lowest BCUT2D eigenvalue weighted by Crippen LogP contribution is -2.26. The number of amides is 1. The molecule has 5 nitrogen and oxygen atoms in total. The molecule has 3 rings (SSSR count). The monoisotopic (exact) mass is 360 g/mol. The van der Waals surface area contributed by atoms with Crippen molar-refractivity contribution in [1.82, 2.24) is 15.3 Å². The minimum absolute atomic E-state index is 0.200. The van der Waals surface area contributed by atoms with E-state index in [1.807, 2.05) is 48.5 Å². The molecule has 0 fully saturated rings. The molecule has 0 atom stereocenters. The van der Waals surface area contributed by atoms with E-state index in [4.69, 9.17) is 0 Å². The molecule has 1 heterocycles. The first-order chi connectivity index (χ1) is 13.1. The second-order valence-corrected chi connectivity index (χ2v) is 6.65. The smallest absolute Gasteiger partial charge is 0.270 e. The van der Waals surface area contributed by atoms with E-state index in [0.717, 1.165) is 12.1 Å². The second-order valence-electron chi connectivity index (χ2n) is 6.65. The van der Waals surface area contributed by atoms with E-state index < -0.39 is 0 Å². The van der Waals surface area contributed by atoms with Crippen LogP contribution < -0.4 is 10.6 Å². The Bertz CT molecular complexity index is 894. The Labute approximate surface area is 159 Å². The van der Waals surface area contributed by atoms with Crippen molar-refractivity contribution in [3.63, 3.8) is 0 Å². The van der Waals surface area contributed by atoms with Crippen LogP contribution in [-0.2, 0) is 6.42 Å². The van der Waals surface area contributed by atoms with Gasteiger partial charge in [0.2, 0.25) is 0 Å². The molecular formula is C22H24N4O. The van der Waals surface area contributed by atoms with Crippen molar-refractivity contribution in [3.05, 3.63) is 83.8 Å². The van der Waals surface area contributed by atoms with E-state index in [1.54, 1.807) is 6.07 Å². The Morgan fingerprint density at radius 3 is 2.52 bits per heavy atom. The zero-order valence-electron chi connectivity index (χ0n) is 15.6. The van der Waals surface area contributed by atoms with Crippen molar-refractivity contribution in [3.8, 4) is 0 Å². The maximum absolute atomic E-state index is 12.4. The molecule has 0 aliphatic heterocycles. The number of nitrogens with zero attached hydrogens (tertiary/aromatic N) is 2. The van der Waals surface area contributed by atoms with Crippen LogP contribution in [0.4, 0.5) is 11.5 Å². The molecule has 0 bridgehead atoms. The average Bonchev–Trinajstić information content (AvgIpc) is 2.69. The van der Waals surface area contributed by atoms with Crippen LogP contribution in [0.2, 0.25) is 0 Å². The Morgan fingerprint density at radius 2 is 1.74 bits per heavy atom. The average molecular weight is 360 g/mol. The molecular weight excluding hydrogens is 336 g/mol. The van der Waals surface area contributed by atoms with Crippen molar-refractivity contribution < 1.29 is 4.79 Å². The number of carbonyl (C=O) groups is 1. The Morgan fingerprint density at radius 1 is 1.00 bits per heavy atom. The van der Waals surface area contributed by atoms with Gasteiger partial charge in [-0.1, -0.05) is 62.4 Å². The van der Waals surface area contributed by atoms with E-state index in [9.17, 15) is 4.79 Å². The van der Waals surface area contributed by atoms with Gasteiger partial charge in [-0.2, -0.15) is 0 Å². The molecule has 2 aromatic carbocycles. The zero-order chi connectivity index (χ0) is 19.1. The topological polar surface area (TPSA) is 66.9 Å². The Hall–Kier alpha value is -3.21. The lowest BCUT2D eigenvalue weighted by molar-refractivity contribution is 0.0949. The highest BCUT2D eigenvalue weighted by Gasteiger charge is 2.10. The maximum Gasteiger partial charge on any atom is 0.270 e. The summed E-state index contributed by atoms with van der Waals surface area (Å²) in [6.07, 6.45) is 2.19. The second kappa shape index (κ2) is 8.94. The number of rotatable bonds is 7. The third-order valence-corrected chi connectivity index (χ3v) is 4.29. The standard InChI is InChI=1S/C22H24N4O/c1-16(2)18-10-6-7-11-19(18)26-21-14-20(24-15-25-21)22(27)23-13-12-17-8-4-3-5-9-17/h3-11,14-16H,12-13H2,1-2H3,(H,23,27)(H,24,25,26). The normalized spacial score (nSPS) is 10.6. The summed E-state index contributed by atoms with van der Waals surface area (Å²) < 4.78 is 0. The molecule has 0 aliphatic rings. The zero-order valence-corrected chi connectivity index (χ0v) is 15.6. The van der Waals surface area contributed by atoms with Gasteiger partial charge < -0.3 is 10.6 Å². The van der Waals surface area contributed by atoms with Crippen LogP contribution in [0.15, 0.2) is 67.0 Å². The maximum atomic E-state index is 12.4. The lowest BCUT2D eigenvalue weighted by Gasteiger charge is -2.14. The van der Waals surface area contributed by atoms with Gasteiger partial charge in [-0.3, -0.25) is 4.79 Å². The van der Waals surface area contributed by atoms with Gasteiger partial charge in [-0.15, -0.1) is 0 Å². The summed E-state index contributed by atoms with van der Waals surface area (Å²) in [5, 5.41) is 6.21. The first-order valence-corrected chi connectivity index (χ1v) is 9.13. The minimum Gasteiger partial charge on any atom is -0.350 e. The quantitative estimate of drug-likeness (QED) is 0.659. The highest BCUT2D eigenvalue weighted by Crippen LogP contribution is 2.26. The SMILES string of the molecule is CC(C)c1ccccc1Nc1cc(C(=O)NCCc2ccccc2)ncn1. The first kappa shape index (κ1) is 18.6. The number of aromatic nitrogens is 2. The van der Waals surface area contributed by atoms with Gasteiger partial charge in [-0.25, -0.2) is 9.97 Å². The molecule has 3 aromatic rings. The number of carbonyl (C=O) groups excluding carboxylic acids is 1. The predicted octanol–water partition coefficient (Wildman–Crippen LogP) is 4.32. The van der Waals surface area contributed by atoms with Crippen LogP contribution in [-0.4, -0.2) is 22.4 Å². The van der Waals surface area contributed by atoms with Crippen LogP contribution >= 0.6 is 0 Å². The lowest BCUT2D eigenvalue weighted by atomic mass is 10.0. The van der Waals surface area contributed by atoms with E-state index in [2.05, 4.69) is 40.5 Å². The number of anilines is 2. The van der Waals surface area contributed by atoms with Gasteiger partial charge in [0.25, 0.3) is 5.91 Å². The molecule has 2 N–H and O–H groups in total. The Kier molecular flexibility index (Phi) is 6.15. The molecule has 27 heavy (non-hydrogen) atoms. The third kappa shape index (κ3) is 5.14. The molecule has 0 radical (unpaired) electrons. The first-order valence-electron chi connectivity index (χ1n) is 9.13. The highest BCUT2D eigenvalue weighted by atomic mass is 16.1. The number of hydrogen-bond acceptors (Lipinski definition) is 4. The number of benzene rings is 2. The van der Waals surface area contributed by atoms with Crippen molar-refractivity contribution in [1.29, 1.82) is 0 Å². The number of para-hydroxylation sites is 1. The highest BCUT2D eigenvalue weighted by molar-refractivity contribution is 5.93. The van der Waals surface area contributed by atoms with E-state index in [-0.39, 0.29) is 5.91 Å². The summed E-state index contributed by atoms with van der Waals surface area (Å²) in [7, 11) is 0. The van der Waals surface area contributed by atoms with Crippen LogP contribution in [0.25, 0.3) is 0 Å². The van der Waals surface area contributed by atoms with E-state index in [0.29, 0.717) is 24.0 Å². The van der Waals surface area contributed by atoms with Crippen LogP contribution in [0.1, 0.15) is 41.4 Å². The fourth-order valence-electron chi connectivity index (χ4n) is 2.86. The van der Waals surface area contributed by atoms with Crippen LogP contribution in [0.5, 0.6) is 0 Å². The molecule has 0 aliphatic carbocycles. The number of hydrogen-bond donors (Lipinski definition) is 2. The Balaban J connectivity index is 1.64. The van der Waals surface area contributed by atoms with E-state index >= 15 is 0 Å². The molecule has 1 aromatic heterocycles. The molecule has 0 unspecified atom stereocenters. The van der Waals surface area contributed by atoms with Gasteiger partial charge in [0.05, 0.1) is 0 Å². The predicted molar refractivity (Wildman–Crippen MR) is 108 cm³/mol. The van der Waals surface area contributed by atoms with Crippen molar-refractivity contribution in [2.45, 2.75) is 26.2 Å². The number of nitrogens with one attached hydrogen (secondary N) is 2. The van der Waals surface area contributed by atoms with Gasteiger partial charge in [0.15, 0.2) is 0 Å². The van der Waals surface area contributed by atoms with E-state index in [1.165, 1.54) is 17.5 Å². The summed E-state index contributed by atoms with van der Waals surface area (Å²) in [4.78, 5) is 20.7. The van der Waals surface area contributed by atoms with Gasteiger partial charge in [0, 0.05) is 18.3 Å². The van der Waals surface area contributed by atoms with Gasteiger partial charge in [0.1, 0.15) is 17.8 Å². The largest absolute Gasteiger partial charge is 0.350 e. The molecule has 5 heteroatoms. The molecule has 1 amide bonds. The van der Waals surface area contributed by atoms with Crippen LogP contribution in [0.3, 0.4) is 0 Å². The third-order valence-electron chi connectivity index (χ3n) is 4.29. The molecule has 0 saturated carbocycles. The summed E-state index contributed by atoms with van der Waals surface area (Å²) in [6, 6.07) is 19.8. The van der Waals surface area contributed by atoms with Crippen molar-refractivity contribution >= 4 is 17.4 Å². The molecule has 138 valence electrons. The summed E-state index contributed by atoms with van der Waals surface area (Å²) in [5.74, 6) is 0.788. The summed E-state index contributed by atoms with van der Waals surface area (Å²) in [5.41, 5.74) is 3.72. The van der Waals surface area contributed by atoms with Gasteiger partial charge >= 0.3 is 0 Å². The van der Waals surface area contributed by atoms with Crippen molar-refractivity contribution in [2.75, 3.05) is 11.9 Å². The molecule has 0 spiro atoms. The van der Waals surface area contributed by atoms with Crippen molar-refractivity contribution in [2.24, 2.45) is 0 Å². The minimum atomic E-state index is -0.200. The fourth-order valence-corrected chi connectivity index (χ4v) is 2.86.